The number of benzene rings is 1. The van der Waals surface area contributed by atoms with Gasteiger partial charge in [0.1, 0.15) is 0 Å². The number of hydrogen-bond acceptors (Lipinski definition) is 5. The molecule has 1 aromatic rings. The highest BCUT2D eigenvalue weighted by Crippen LogP contribution is 2.35. The first-order chi connectivity index (χ1) is 13.8. The van der Waals surface area contributed by atoms with Crippen molar-refractivity contribution in [3.8, 4) is 0 Å². The molecule has 0 radical (unpaired) electrons. The van der Waals surface area contributed by atoms with Crippen LogP contribution in [0.1, 0.15) is 72.3 Å². The Morgan fingerprint density at radius 2 is 1.52 bits per heavy atom. The smallest absolute Gasteiger partial charge is 0.465 e. The van der Waals surface area contributed by atoms with E-state index in [1.165, 1.54) is 5.56 Å². The van der Waals surface area contributed by atoms with Crippen molar-refractivity contribution in [2.45, 2.75) is 72.8 Å². The zero-order valence-electron chi connectivity index (χ0n) is 19.2. The summed E-state index contributed by atoms with van der Waals surface area (Å²) in [4.78, 5) is 12.7. The molecule has 1 atom stereocenters. The summed E-state index contributed by atoms with van der Waals surface area (Å²) in [6, 6.07) is 11.0. The predicted octanol–water partition coefficient (Wildman–Crippen LogP) is 5.58. The molecule has 6 heteroatoms. The average molecular weight is 425 g/mol. The Balaban J connectivity index is 2.58. The van der Waals surface area contributed by atoms with Crippen molar-refractivity contribution >= 4 is 14.8 Å². The molecule has 1 unspecified atom stereocenters. The fraction of sp³-hybridized carbons (Fsp3) is 0.696. The van der Waals surface area contributed by atoms with Crippen molar-refractivity contribution < 1.29 is 22.8 Å². The molecule has 0 saturated heterocycles. The fourth-order valence-corrected chi connectivity index (χ4v) is 6.15. The van der Waals surface area contributed by atoms with Gasteiger partial charge >= 0.3 is 14.8 Å². The van der Waals surface area contributed by atoms with Crippen molar-refractivity contribution in [3.63, 3.8) is 0 Å². The minimum atomic E-state index is -2.68. The second kappa shape index (κ2) is 13.2. The van der Waals surface area contributed by atoms with E-state index in [0.29, 0.717) is 44.8 Å². The maximum absolute atomic E-state index is 12.7. The molecule has 0 heterocycles. The topological polar surface area (TPSA) is 54.0 Å². The van der Waals surface area contributed by atoms with Crippen LogP contribution >= 0.6 is 0 Å². The summed E-state index contributed by atoms with van der Waals surface area (Å²) < 4.78 is 23.2. The fourth-order valence-electron chi connectivity index (χ4n) is 3.57. The van der Waals surface area contributed by atoms with Crippen LogP contribution in [0.2, 0.25) is 6.04 Å². The van der Waals surface area contributed by atoms with Gasteiger partial charge in [0, 0.05) is 25.9 Å². The van der Waals surface area contributed by atoms with Gasteiger partial charge in [-0.3, -0.25) is 4.79 Å². The predicted molar refractivity (Wildman–Crippen MR) is 119 cm³/mol. The summed E-state index contributed by atoms with van der Waals surface area (Å²) in [5, 5.41) is 0. The van der Waals surface area contributed by atoms with Crippen LogP contribution in [-0.2, 0) is 22.8 Å². The summed E-state index contributed by atoms with van der Waals surface area (Å²) in [6.45, 7) is 14.0. The lowest BCUT2D eigenvalue weighted by atomic mass is 9.79. The summed E-state index contributed by atoms with van der Waals surface area (Å²) in [5.41, 5.74) is 0.738. The van der Waals surface area contributed by atoms with E-state index in [0.717, 1.165) is 12.8 Å². The number of carbonyl (C=O) groups is 1. The lowest BCUT2D eigenvalue weighted by molar-refractivity contribution is -0.154. The van der Waals surface area contributed by atoms with E-state index in [9.17, 15) is 4.79 Å². The van der Waals surface area contributed by atoms with Crippen molar-refractivity contribution in [2.24, 2.45) is 5.41 Å². The molecule has 29 heavy (non-hydrogen) atoms. The lowest BCUT2D eigenvalue weighted by Gasteiger charge is -2.29. The van der Waals surface area contributed by atoms with Gasteiger partial charge in [0.05, 0.1) is 12.0 Å². The molecule has 166 valence electrons. The molecule has 0 aliphatic carbocycles. The zero-order chi connectivity index (χ0) is 21.8. The number of ether oxygens (including phenoxy) is 1. The first-order valence-corrected chi connectivity index (χ1v) is 12.9. The third kappa shape index (κ3) is 8.58. The van der Waals surface area contributed by atoms with Gasteiger partial charge in [-0.05, 0) is 65.4 Å². The van der Waals surface area contributed by atoms with E-state index in [1.54, 1.807) is 0 Å². The summed E-state index contributed by atoms with van der Waals surface area (Å²) in [7, 11) is -2.68. The Kier molecular flexibility index (Phi) is 11.7. The molecule has 0 spiro atoms. The van der Waals surface area contributed by atoms with Crippen LogP contribution in [0.15, 0.2) is 30.3 Å². The Morgan fingerprint density at radius 1 is 0.966 bits per heavy atom. The highest BCUT2D eigenvalue weighted by atomic mass is 28.4. The van der Waals surface area contributed by atoms with Gasteiger partial charge in [0.15, 0.2) is 0 Å². The molecule has 1 rings (SSSR count). The van der Waals surface area contributed by atoms with E-state index in [-0.39, 0.29) is 5.97 Å². The average Bonchev–Trinajstić information content (AvgIpc) is 2.70. The highest BCUT2D eigenvalue weighted by molar-refractivity contribution is 6.60. The minimum Gasteiger partial charge on any atom is -0.465 e. The van der Waals surface area contributed by atoms with Crippen LogP contribution in [0.25, 0.3) is 0 Å². The van der Waals surface area contributed by atoms with Gasteiger partial charge in [-0.2, -0.15) is 0 Å². The molecule has 0 saturated carbocycles. The van der Waals surface area contributed by atoms with Crippen LogP contribution < -0.4 is 0 Å². The standard InChI is InChI=1S/C23H40O5Si/c1-7-20(21-15-12-11-13-16-21)19-23(5,6)22(24)25-17-14-18-29(26-8-2,27-9-3)28-10-4/h11-13,15-16,20H,7-10,14,17-19H2,1-6H3. The maximum atomic E-state index is 12.7. The molecular weight excluding hydrogens is 384 g/mol. The number of carbonyl (C=O) groups excluding carboxylic acids is 1. The molecule has 0 amide bonds. The van der Waals surface area contributed by atoms with E-state index in [4.69, 9.17) is 18.0 Å². The largest absolute Gasteiger partial charge is 0.501 e. The molecular formula is C23H40O5Si. The van der Waals surface area contributed by atoms with Crippen molar-refractivity contribution in [3.05, 3.63) is 35.9 Å². The van der Waals surface area contributed by atoms with Gasteiger partial charge in [0.25, 0.3) is 0 Å². The lowest BCUT2D eigenvalue weighted by Crippen LogP contribution is -2.46. The van der Waals surface area contributed by atoms with Crippen molar-refractivity contribution in [1.82, 2.24) is 0 Å². The molecule has 1 aromatic carbocycles. The van der Waals surface area contributed by atoms with Crippen molar-refractivity contribution in [2.75, 3.05) is 26.4 Å². The first-order valence-electron chi connectivity index (χ1n) is 11.0. The minimum absolute atomic E-state index is 0.150. The molecule has 0 aromatic heterocycles. The normalized spacial score (nSPS) is 13.3. The Labute approximate surface area is 178 Å². The van der Waals surface area contributed by atoms with E-state index in [2.05, 4.69) is 31.2 Å². The van der Waals surface area contributed by atoms with E-state index < -0.39 is 14.2 Å². The number of rotatable bonds is 15. The number of hydrogen-bond donors (Lipinski definition) is 0. The van der Waals surface area contributed by atoms with Gasteiger partial charge in [0.2, 0.25) is 0 Å². The SMILES string of the molecule is CCO[Si](CCCOC(=O)C(C)(C)CC(CC)c1ccccc1)(OCC)OCC. The molecule has 0 N–H and O–H groups in total. The van der Waals surface area contributed by atoms with Crippen LogP contribution in [0.3, 0.4) is 0 Å². The van der Waals surface area contributed by atoms with Gasteiger partial charge < -0.3 is 18.0 Å². The Bertz CT molecular complexity index is 559. The first kappa shape index (κ1) is 25.8. The quantitative estimate of drug-likeness (QED) is 0.209. The van der Waals surface area contributed by atoms with Crippen LogP contribution in [-0.4, -0.2) is 41.2 Å². The highest BCUT2D eigenvalue weighted by Gasteiger charge is 2.40. The molecule has 0 aliphatic heterocycles. The van der Waals surface area contributed by atoms with Crippen molar-refractivity contribution in [1.29, 1.82) is 0 Å². The Hall–Kier alpha value is -1.21. The maximum Gasteiger partial charge on any atom is 0.501 e. The monoisotopic (exact) mass is 424 g/mol. The molecule has 0 bridgehead atoms. The summed E-state index contributed by atoms with van der Waals surface area (Å²) in [6.07, 6.45) is 2.43. The van der Waals surface area contributed by atoms with Gasteiger partial charge in [-0.1, -0.05) is 37.3 Å². The van der Waals surface area contributed by atoms with E-state index >= 15 is 0 Å². The third-order valence-electron chi connectivity index (χ3n) is 5.03. The van der Waals surface area contributed by atoms with E-state index in [1.807, 2.05) is 40.7 Å². The van der Waals surface area contributed by atoms with Crippen LogP contribution in [0.4, 0.5) is 0 Å². The Morgan fingerprint density at radius 3 is 2.00 bits per heavy atom. The zero-order valence-corrected chi connectivity index (χ0v) is 20.2. The molecule has 0 aliphatic rings. The molecule has 5 nitrogen and oxygen atoms in total. The summed E-state index contributed by atoms with van der Waals surface area (Å²) >= 11 is 0. The van der Waals surface area contributed by atoms with Gasteiger partial charge in [-0.25, -0.2) is 0 Å². The van der Waals surface area contributed by atoms with Crippen LogP contribution in [0.5, 0.6) is 0 Å². The third-order valence-corrected chi connectivity index (χ3v) is 8.18. The second-order valence-electron chi connectivity index (χ2n) is 7.83. The van der Waals surface area contributed by atoms with Gasteiger partial charge in [-0.15, -0.1) is 0 Å². The molecule has 0 fully saturated rings. The number of esters is 1. The summed E-state index contributed by atoms with van der Waals surface area (Å²) in [5.74, 6) is 0.191. The van der Waals surface area contributed by atoms with Crippen LogP contribution in [0, 0.1) is 5.41 Å². The second-order valence-corrected chi connectivity index (χ2v) is 10.6.